The summed E-state index contributed by atoms with van der Waals surface area (Å²) in [6, 6.07) is 0. The van der Waals surface area contributed by atoms with Gasteiger partial charge in [0.15, 0.2) is 0 Å². The highest BCUT2D eigenvalue weighted by Gasteiger charge is 2.25. The molecule has 0 amide bonds. The number of carbonyl (C=O) groups is 4. The summed E-state index contributed by atoms with van der Waals surface area (Å²) >= 11 is 0. The van der Waals surface area contributed by atoms with Crippen LogP contribution in [0.25, 0.3) is 0 Å². The van der Waals surface area contributed by atoms with E-state index in [0.717, 1.165) is 7.11 Å². The SMILES string of the molecule is COC(=O)OC(=O)C(C)(C)C.O=C(O)CCC(=O)O. The van der Waals surface area contributed by atoms with Crippen LogP contribution in [0, 0.1) is 5.41 Å². The molecule has 0 rings (SSSR count). The third-order valence-corrected chi connectivity index (χ3v) is 1.51. The number of rotatable bonds is 3. The highest BCUT2D eigenvalue weighted by molar-refractivity contribution is 5.85. The zero-order chi connectivity index (χ0) is 15.6. The molecular weight excluding hydrogens is 260 g/mol. The molecule has 0 aromatic rings. The predicted molar refractivity (Wildman–Crippen MR) is 62.5 cm³/mol. The largest absolute Gasteiger partial charge is 0.515 e. The standard InChI is InChI=1S/C7H12O4.C4H6O4/c1-7(2,3)5(8)11-6(9)10-4;5-3(6)1-2-4(7)8/h1-4H3;1-2H2,(H,5,6)(H,7,8). The number of hydrogen-bond donors (Lipinski definition) is 2. The number of carbonyl (C=O) groups excluding carboxylic acids is 2. The molecule has 8 heteroatoms. The molecule has 8 nitrogen and oxygen atoms in total. The Kier molecular flexibility index (Phi) is 9.00. The van der Waals surface area contributed by atoms with Gasteiger partial charge in [0, 0.05) is 0 Å². The van der Waals surface area contributed by atoms with E-state index in [1.807, 2.05) is 0 Å². The normalized spacial score (nSPS) is 9.68. The lowest BCUT2D eigenvalue weighted by atomic mass is 9.98. The molecule has 110 valence electrons. The monoisotopic (exact) mass is 278 g/mol. The van der Waals surface area contributed by atoms with Crippen molar-refractivity contribution < 1.29 is 38.9 Å². The molecule has 0 heterocycles. The van der Waals surface area contributed by atoms with Crippen molar-refractivity contribution in [3.05, 3.63) is 0 Å². The minimum Gasteiger partial charge on any atom is -0.481 e. The van der Waals surface area contributed by atoms with E-state index < -0.39 is 29.5 Å². The van der Waals surface area contributed by atoms with Crippen LogP contribution in [0.4, 0.5) is 4.79 Å². The third kappa shape index (κ3) is 13.8. The second kappa shape index (κ2) is 8.90. The first kappa shape index (κ1) is 19.2. The lowest BCUT2D eigenvalue weighted by Gasteiger charge is -2.13. The van der Waals surface area contributed by atoms with E-state index in [2.05, 4.69) is 9.47 Å². The zero-order valence-electron chi connectivity index (χ0n) is 11.3. The van der Waals surface area contributed by atoms with E-state index in [9.17, 15) is 19.2 Å². The van der Waals surface area contributed by atoms with E-state index >= 15 is 0 Å². The number of aliphatic carboxylic acids is 2. The minimum atomic E-state index is -1.08. The van der Waals surface area contributed by atoms with Gasteiger partial charge in [0.25, 0.3) is 0 Å². The van der Waals surface area contributed by atoms with Gasteiger partial charge in [0.1, 0.15) is 0 Å². The molecule has 0 saturated carbocycles. The summed E-state index contributed by atoms with van der Waals surface area (Å²) in [5.74, 6) is -2.75. The highest BCUT2D eigenvalue weighted by Crippen LogP contribution is 2.15. The van der Waals surface area contributed by atoms with Crippen molar-refractivity contribution in [1.29, 1.82) is 0 Å². The summed E-state index contributed by atoms with van der Waals surface area (Å²) in [5.41, 5.74) is -0.672. The Hall–Kier alpha value is -2.12. The molecule has 0 unspecified atom stereocenters. The van der Waals surface area contributed by atoms with Crippen molar-refractivity contribution in [3.63, 3.8) is 0 Å². The maximum atomic E-state index is 10.9. The summed E-state index contributed by atoms with van der Waals surface area (Å²) in [6.45, 7) is 4.95. The van der Waals surface area contributed by atoms with E-state index in [0.29, 0.717) is 0 Å². The van der Waals surface area contributed by atoms with Gasteiger partial charge in [-0.15, -0.1) is 0 Å². The van der Waals surface area contributed by atoms with Gasteiger partial charge in [-0.1, -0.05) is 0 Å². The maximum absolute atomic E-state index is 10.9. The van der Waals surface area contributed by atoms with E-state index in [-0.39, 0.29) is 12.8 Å². The Balaban J connectivity index is 0. The second-order valence-electron chi connectivity index (χ2n) is 4.38. The van der Waals surface area contributed by atoms with Crippen molar-refractivity contribution in [1.82, 2.24) is 0 Å². The van der Waals surface area contributed by atoms with Gasteiger partial charge in [-0.3, -0.25) is 14.4 Å². The fraction of sp³-hybridized carbons (Fsp3) is 0.636. The Bertz CT molecular complexity index is 325. The number of hydrogen-bond acceptors (Lipinski definition) is 6. The average Bonchev–Trinajstić information content (AvgIpc) is 2.25. The topological polar surface area (TPSA) is 127 Å². The van der Waals surface area contributed by atoms with Crippen LogP contribution in [0.2, 0.25) is 0 Å². The van der Waals surface area contributed by atoms with Gasteiger partial charge < -0.3 is 19.7 Å². The molecule has 0 bridgehead atoms. The van der Waals surface area contributed by atoms with Crippen molar-refractivity contribution in [2.24, 2.45) is 5.41 Å². The van der Waals surface area contributed by atoms with E-state index in [4.69, 9.17) is 10.2 Å². The van der Waals surface area contributed by atoms with Crippen molar-refractivity contribution in [2.75, 3.05) is 7.11 Å². The lowest BCUT2D eigenvalue weighted by molar-refractivity contribution is -0.148. The Morgan fingerprint density at radius 3 is 1.53 bits per heavy atom. The summed E-state index contributed by atoms with van der Waals surface area (Å²) in [4.78, 5) is 40.6. The Labute approximate surface area is 110 Å². The number of methoxy groups -OCH3 is 1. The molecule has 0 aromatic carbocycles. The number of esters is 1. The van der Waals surface area contributed by atoms with Gasteiger partial charge in [-0.25, -0.2) is 4.79 Å². The van der Waals surface area contributed by atoms with E-state index in [1.165, 1.54) is 0 Å². The van der Waals surface area contributed by atoms with Gasteiger partial charge in [-0.2, -0.15) is 0 Å². The fourth-order valence-electron chi connectivity index (χ4n) is 0.484. The van der Waals surface area contributed by atoms with Crippen LogP contribution in [0.3, 0.4) is 0 Å². The molecule has 2 N–H and O–H groups in total. The molecule has 0 aromatic heterocycles. The highest BCUT2D eigenvalue weighted by atomic mass is 16.7. The fourth-order valence-corrected chi connectivity index (χ4v) is 0.484. The van der Waals surface area contributed by atoms with Gasteiger partial charge in [0.2, 0.25) is 0 Å². The van der Waals surface area contributed by atoms with Crippen LogP contribution in [0.1, 0.15) is 33.6 Å². The van der Waals surface area contributed by atoms with Crippen LogP contribution in [-0.4, -0.2) is 41.4 Å². The predicted octanol–water partition coefficient (Wildman–Crippen LogP) is 1.28. The van der Waals surface area contributed by atoms with Crippen LogP contribution in [-0.2, 0) is 23.9 Å². The first-order valence-corrected chi connectivity index (χ1v) is 5.24. The second-order valence-corrected chi connectivity index (χ2v) is 4.38. The summed E-state index contributed by atoms with van der Waals surface area (Å²) in [6.07, 6.45) is -1.56. The molecule has 0 saturated heterocycles. The van der Waals surface area contributed by atoms with Crippen LogP contribution in [0.15, 0.2) is 0 Å². The van der Waals surface area contributed by atoms with Crippen molar-refractivity contribution >= 4 is 24.1 Å². The molecule has 0 radical (unpaired) electrons. The summed E-state index contributed by atoms with van der Waals surface area (Å²) in [5, 5.41) is 15.8. The lowest BCUT2D eigenvalue weighted by Crippen LogP contribution is -2.25. The van der Waals surface area contributed by atoms with Gasteiger partial charge >= 0.3 is 24.1 Å². The average molecular weight is 278 g/mol. The van der Waals surface area contributed by atoms with Crippen LogP contribution in [0.5, 0.6) is 0 Å². The number of carboxylic acids is 2. The number of ether oxygens (including phenoxy) is 2. The first-order valence-electron chi connectivity index (χ1n) is 5.24. The van der Waals surface area contributed by atoms with E-state index in [1.54, 1.807) is 20.8 Å². The van der Waals surface area contributed by atoms with Crippen LogP contribution < -0.4 is 0 Å². The molecule has 0 aliphatic heterocycles. The summed E-state index contributed by atoms with van der Waals surface area (Å²) < 4.78 is 8.40. The van der Waals surface area contributed by atoms with Crippen molar-refractivity contribution in [2.45, 2.75) is 33.6 Å². The summed E-state index contributed by atoms with van der Waals surface area (Å²) in [7, 11) is 1.15. The zero-order valence-corrected chi connectivity index (χ0v) is 11.3. The molecule has 0 fully saturated rings. The molecule has 0 aliphatic carbocycles. The Morgan fingerprint density at radius 2 is 1.32 bits per heavy atom. The number of carboxylic acid groups (broad SMARTS) is 2. The quantitative estimate of drug-likeness (QED) is 0.583. The Morgan fingerprint density at radius 1 is 0.947 bits per heavy atom. The molecule has 0 atom stereocenters. The maximum Gasteiger partial charge on any atom is 0.515 e. The molecular formula is C11H18O8. The molecule has 19 heavy (non-hydrogen) atoms. The van der Waals surface area contributed by atoms with Gasteiger partial charge in [-0.05, 0) is 20.8 Å². The van der Waals surface area contributed by atoms with Crippen LogP contribution >= 0.6 is 0 Å². The third-order valence-electron chi connectivity index (χ3n) is 1.51. The van der Waals surface area contributed by atoms with Crippen molar-refractivity contribution in [3.8, 4) is 0 Å². The van der Waals surface area contributed by atoms with Gasteiger partial charge in [0.05, 0.1) is 25.4 Å². The molecule has 0 aliphatic rings. The minimum absolute atomic E-state index is 0.296. The smallest absolute Gasteiger partial charge is 0.481 e. The first-order chi connectivity index (χ1) is 8.50. The molecule has 0 spiro atoms.